The number of anilines is 1. The van der Waals surface area contributed by atoms with Crippen molar-refractivity contribution < 1.29 is 9.53 Å². The summed E-state index contributed by atoms with van der Waals surface area (Å²) in [4.78, 5) is 25.1. The lowest BCUT2D eigenvalue weighted by molar-refractivity contribution is 0.0986. The normalized spacial score (nSPS) is 11.1. The number of amides is 1. The summed E-state index contributed by atoms with van der Waals surface area (Å²) in [6.45, 7) is 1.27. The Balaban J connectivity index is 1.69. The molecular formula is C22H21ClN4O2S2. The molecule has 0 fully saturated rings. The number of hydrogen-bond acceptors (Lipinski definition) is 6. The number of imidazole rings is 1. The number of fused-ring (bicyclic) bond motifs is 1. The van der Waals surface area contributed by atoms with Gasteiger partial charge in [0.1, 0.15) is 11.3 Å². The fourth-order valence-electron chi connectivity index (χ4n) is 3.25. The van der Waals surface area contributed by atoms with Crippen LogP contribution in [0.25, 0.3) is 10.2 Å². The number of thioether (sulfide) groups is 1. The van der Waals surface area contributed by atoms with Gasteiger partial charge in [-0.15, -0.1) is 11.8 Å². The highest BCUT2D eigenvalue weighted by Crippen LogP contribution is 2.39. The molecule has 0 aliphatic heterocycles. The van der Waals surface area contributed by atoms with Crippen LogP contribution >= 0.6 is 34.7 Å². The van der Waals surface area contributed by atoms with Crippen molar-refractivity contribution in [1.82, 2.24) is 14.5 Å². The van der Waals surface area contributed by atoms with Crippen LogP contribution in [0.3, 0.4) is 0 Å². The van der Waals surface area contributed by atoms with Gasteiger partial charge < -0.3 is 9.30 Å². The smallest absolute Gasteiger partial charge is 0.260 e. The Hall–Kier alpha value is -2.55. The van der Waals surface area contributed by atoms with Gasteiger partial charge in [0, 0.05) is 35.9 Å². The zero-order valence-corrected chi connectivity index (χ0v) is 19.5. The molecule has 0 saturated heterocycles. The van der Waals surface area contributed by atoms with Gasteiger partial charge in [-0.2, -0.15) is 0 Å². The topological polar surface area (TPSA) is 60.2 Å². The van der Waals surface area contributed by atoms with Crippen LogP contribution in [0.15, 0.2) is 60.0 Å². The first-order chi connectivity index (χ1) is 15.1. The first-order valence-electron chi connectivity index (χ1n) is 9.65. The van der Waals surface area contributed by atoms with Gasteiger partial charge >= 0.3 is 0 Å². The predicted octanol–water partition coefficient (Wildman–Crippen LogP) is 5.61. The van der Waals surface area contributed by atoms with Crippen molar-refractivity contribution in [2.45, 2.75) is 17.9 Å². The third-order valence-electron chi connectivity index (χ3n) is 4.82. The van der Waals surface area contributed by atoms with E-state index in [0.29, 0.717) is 33.5 Å². The van der Waals surface area contributed by atoms with E-state index in [9.17, 15) is 4.79 Å². The Morgan fingerprint density at radius 2 is 2.19 bits per heavy atom. The van der Waals surface area contributed by atoms with Crippen LogP contribution < -0.4 is 9.64 Å². The molecule has 9 heteroatoms. The van der Waals surface area contributed by atoms with Gasteiger partial charge in [-0.3, -0.25) is 9.69 Å². The number of aromatic nitrogens is 3. The van der Waals surface area contributed by atoms with Crippen molar-refractivity contribution in [2.75, 3.05) is 24.8 Å². The molecule has 160 valence electrons. The number of carbonyl (C=O) groups is 1. The molecule has 0 bridgehead atoms. The third-order valence-corrected chi connectivity index (χ3v) is 7.08. The number of hydrogen-bond donors (Lipinski definition) is 0. The van der Waals surface area contributed by atoms with Gasteiger partial charge in [0.2, 0.25) is 0 Å². The second-order valence-corrected chi connectivity index (χ2v) is 9.03. The highest BCUT2D eigenvalue weighted by molar-refractivity contribution is 7.98. The molecule has 4 rings (SSSR count). The number of nitrogens with zero attached hydrogens (tertiary/aromatic N) is 4. The number of halogens is 1. The molecule has 0 N–H and O–H groups in total. The Kier molecular flexibility index (Phi) is 6.80. The molecule has 0 aliphatic carbocycles. The average molecular weight is 473 g/mol. The van der Waals surface area contributed by atoms with E-state index in [2.05, 4.69) is 4.98 Å². The van der Waals surface area contributed by atoms with Crippen LogP contribution in [-0.4, -0.2) is 40.4 Å². The van der Waals surface area contributed by atoms with Crippen LogP contribution in [0.5, 0.6) is 5.75 Å². The van der Waals surface area contributed by atoms with Crippen LogP contribution in [0.4, 0.5) is 5.13 Å². The molecule has 2 heterocycles. The van der Waals surface area contributed by atoms with E-state index < -0.39 is 0 Å². The van der Waals surface area contributed by atoms with E-state index in [1.165, 1.54) is 11.3 Å². The Bertz CT molecular complexity index is 1190. The zero-order valence-electron chi connectivity index (χ0n) is 17.1. The summed E-state index contributed by atoms with van der Waals surface area (Å²) >= 11 is 9.42. The fraction of sp³-hybridized carbons (Fsp3) is 0.227. The highest BCUT2D eigenvalue weighted by Gasteiger charge is 2.23. The Morgan fingerprint density at radius 3 is 2.94 bits per heavy atom. The maximum Gasteiger partial charge on any atom is 0.260 e. The Morgan fingerprint density at radius 1 is 1.32 bits per heavy atom. The second kappa shape index (κ2) is 9.72. The summed E-state index contributed by atoms with van der Waals surface area (Å²) in [7, 11) is 1.60. The Labute approximate surface area is 193 Å². The molecule has 2 aromatic heterocycles. The summed E-state index contributed by atoms with van der Waals surface area (Å²) in [5, 5.41) is 1.20. The van der Waals surface area contributed by atoms with Crippen LogP contribution in [-0.2, 0) is 6.54 Å². The molecule has 4 aromatic rings. The monoisotopic (exact) mass is 472 g/mol. The number of thiazole rings is 1. The van der Waals surface area contributed by atoms with Crippen LogP contribution in [0, 0.1) is 0 Å². The summed E-state index contributed by atoms with van der Waals surface area (Å²) in [6.07, 6.45) is 8.19. The number of ether oxygens (including phenoxy) is 1. The molecule has 0 unspecified atom stereocenters. The lowest BCUT2D eigenvalue weighted by Gasteiger charge is -2.20. The maximum absolute atomic E-state index is 13.5. The fourth-order valence-corrected chi connectivity index (χ4v) is 4.99. The lowest BCUT2D eigenvalue weighted by Crippen LogP contribution is -2.32. The van der Waals surface area contributed by atoms with Crippen molar-refractivity contribution in [3.63, 3.8) is 0 Å². The van der Waals surface area contributed by atoms with E-state index in [1.807, 2.05) is 41.3 Å². The lowest BCUT2D eigenvalue weighted by atomic mass is 10.2. The highest BCUT2D eigenvalue weighted by atomic mass is 35.5. The van der Waals surface area contributed by atoms with Crippen molar-refractivity contribution in [1.29, 1.82) is 0 Å². The quantitative estimate of drug-likeness (QED) is 0.312. The van der Waals surface area contributed by atoms with Gasteiger partial charge in [-0.1, -0.05) is 29.0 Å². The molecule has 0 atom stereocenters. The number of aryl methyl sites for hydroxylation is 1. The van der Waals surface area contributed by atoms with E-state index in [0.717, 1.165) is 22.6 Å². The SMILES string of the molecule is COc1ccc(Cl)c2sc(N(CCCn3ccnc3)C(=O)c3cccc(SC)c3)nc12. The molecule has 0 saturated carbocycles. The molecule has 0 aliphatic rings. The van der Waals surface area contributed by atoms with Gasteiger partial charge in [0.25, 0.3) is 5.91 Å². The van der Waals surface area contributed by atoms with Crippen LogP contribution in [0.2, 0.25) is 5.02 Å². The standard InChI is InChI=1S/C22H21ClN4O2S2/c1-29-18-8-7-17(23)20-19(18)25-22(31-20)27(11-4-10-26-12-9-24-14-26)21(28)15-5-3-6-16(13-15)30-2/h3,5-9,12-14H,4,10-11H2,1-2H3. The zero-order chi connectivity index (χ0) is 21.8. The van der Waals surface area contributed by atoms with Gasteiger partial charge in [-0.25, -0.2) is 9.97 Å². The minimum atomic E-state index is -0.0873. The number of rotatable bonds is 8. The van der Waals surface area contributed by atoms with Crippen LogP contribution in [0.1, 0.15) is 16.8 Å². The van der Waals surface area contributed by atoms with Gasteiger partial charge in [0.05, 0.1) is 23.2 Å². The second-order valence-electron chi connectivity index (χ2n) is 6.77. The largest absolute Gasteiger partial charge is 0.494 e. The summed E-state index contributed by atoms with van der Waals surface area (Å²) in [5.74, 6) is 0.549. The van der Waals surface area contributed by atoms with Crippen molar-refractivity contribution in [3.8, 4) is 5.75 Å². The first kappa shape index (κ1) is 21.7. The van der Waals surface area contributed by atoms with Crippen molar-refractivity contribution in [2.24, 2.45) is 0 Å². The van der Waals surface area contributed by atoms with Crippen molar-refractivity contribution >= 4 is 56.0 Å². The minimum Gasteiger partial charge on any atom is -0.494 e. The van der Waals surface area contributed by atoms with E-state index in [-0.39, 0.29) is 5.91 Å². The van der Waals surface area contributed by atoms with Crippen molar-refractivity contribution in [3.05, 3.63) is 65.7 Å². The molecular weight excluding hydrogens is 452 g/mol. The number of benzene rings is 2. The molecule has 1 amide bonds. The average Bonchev–Trinajstić information content (AvgIpc) is 3.47. The minimum absolute atomic E-state index is 0.0873. The molecule has 0 spiro atoms. The molecule has 31 heavy (non-hydrogen) atoms. The first-order valence-corrected chi connectivity index (χ1v) is 12.1. The molecule has 0 radical (unpaired) electrons. The number of methoxy groups -OCH3 is 1. The predicted molar refractivity (Wildman–Crippen MR) is 128 cm³/mol. The van der Waals surface area contributed by atoms with Gasteiger partial charge in [0.15, 0.2) is 5.13 Å². The van der Waals surface area contributed by atoms with E-state index in [4.69, 9.17) is 21.3 Å². The molecule has 2 aromatic carbocycles. The van der Waals surface area contributed by atoms with E-state index in [1.54, 1.807) is 48.4 Å². The summed E-state index contributed by atoms with van der Waals surface area (Å²) in [6, 6.07) is 11.2. The number of carbonyl (C=O) groups excluding carboxylic acids is 1. The van der Waals surface area contributed by atoms with E-state index >= 15 is 0 Å². The third kappa shape index (κ3) is 4.71. The molecule has 6 nitrogen and oxygen atoms in total. The van der Waals surface area contributed by atoms with Gasteiger partial charge in [-0.05, 0) is 43.0 Å². The summed E-state index contributed by atoms with van der Waals surface area (Å²) in [5.41, 5.74) is 1.30. The maximum atomic E-state index is 13.5. The summed E-state index contributed by atoms with van der Waals surface area (Å²) < 4.78 is 8.25.